The zero-order valence-corrected chi connectivity index (χ0v) is 9.43. The first-order chi connectivity index (χ1) is 7.81. The number of pyridine rings is 1. The Morgan fingerprint density at radius 3 is 3.19 bits per heavy atom. The van der Waals surface area contributed by atoms with Crippen molar-refractivity contribution in [1.82, 2.24) is 4.98 Å². The molecule has 0 bridgehead atoms. The number of piperidine rings is 1. The second-order valence-electron chi connectivity index (χ2n) is 4.02. The number of rotatable bonds is 2. The smallest absolute Gasteiger partial charge is 0.310 e. The van der Waals surface area contributed by atoms with Crippen LogP contribution in [0.3, 0.4) is 0 Å². The molecule has 2 heterocycles. The quantitative estimate of drug-likeness (QED) is 0.708. The van der Waals surface area contributed by atoms with Crippen LogP contribution in [0.15, 0.2) is 24.5 Å². The van der Waals surface area contributed by atoms with Crippen LogP contribution in [0.5, 0.6) is 0 Å². The maximum atomic E-state index is 11.5. The largest absolute Gasteiger partial charge is 0.469 e. The van der Waals surface area contributed by atoms with Crippen LogP contribution in [0.1, 0.15) is 12.8 Å². The Kier molecular flexibility index (Phi) is 3.39. The molecule has 1 fully saturated rings. The highest BCUT2D eigenvalue weighted by Gasteiger charge is 2.26. The number of nitrogens with zero attached hydrogens (tertiary/aromatic N) is 2. The number of ether oxygens (including phenoxy) is 1. The minimum Gasteiger partial charge on any atom is -0.469 e. The Labute approximate surface area is 95.2 Å². The fourth-order valence-electron chi connectivity index (χ4n) is 2.11. The van der Waals surface area contributed by atoms with E-state index >= 15 is 0 Å². The minimum atomic E-state index is -0.103. The van der Waals surface area contributed by atoms with Gasteiger partial charge in [-0.05, 0) is 25.0 Å². The van der Waals surface area contributed by atoms with Gasteiger partial charge >= 0.3 is 5.97 Å². The van der Waals surface area contributed by atoms with Crippen molar-refractivity contribution in [3.8, 4) is 0 Å². The van der Waals surface area contributed by atoms with Gasteiger partial charge in [-0.3, -0.25) is 9.78 Å². The van der Waals surface area contributed by atoms with E-state index in [-0.39, 0.29) is 11.9 Å². The van der Waals surface area contributed by atoms with E-state index in [1.807, 2.05) is 18.3 Å². The van der Waals surface area contributed by atoms with Crippen molar-refractivity contribution in [3.05, 3.63) is 24.5 Å². The van der Waals surface area contributed by atoms with Crippen LogP contribution in [-0.2, 0) is 9.53 Å². The number of hydrogen-bond acceptors (Lipinski definition) is 4. The molecule has 0 aliphatic carbocycles. The summed E-state index contributed by atoms with van der Waals surface area (Å²) >= 11 is 0. The molecule has 1 aliphatic rings. The highest BCUT2D eigenvalue weighted by molar-refractivity contribution is 5.73. The zero-order valence-electron chi connectivity index (χ0n) is 9.43. The Bertz CT molecular complexity index is 353. The zero-order chi connectivity index (χ0) is 11.4. The predicted molar refractivity (Wildman–Crippen MR) is 61.2 cm³/mol. The summed E-state index contributed by atoms with van der Waals surface area (Å²) in [5.41, 5.74) is 1.08. The third kappa shape index (κ3) is 2.32. The van der Waals surface area contributed by atoms with Gasteiger partial charge in [-0.25, -0.2) is 0 Å². The van der Waals surface area contributed by atoms with Gasteiger partial charge in [-0.1, -0.05) is 0 Å². The number of carbonyl (C=O) groups is 1. The van der Waals surface area contributed by atoms with Crippen molar-refractivity contribution >= 4 is 11.7 Å². The number of esters is 1. The summed E-state index contributed by atoms with van der Waals surface area (Å²) in [4.78, 5) is 17.8. The summed E-state index contributed by atoms with van der Waals surface area (Å²) in [6.45, 7) is 1.72. The van der Waals surface area contributed by atoms with E-state index in [1.54, 1.807) is 6.20 Å². The molecule has 2 rings (SSSR count). The third-order valence-corrected chi connectivity index (χ3v) is 2.97. The van der Waals surface area contributed by atoms with Gasteiger partial charge in [-0.15, -0.1) is 0 Å². The van der Waals surface area contributed by atoms with Crippen LogP contribution in [0.4, 0.5) is 5.69 Å². The van der Waals surface area contributed by atoms with Crippen LogP contribution in [0.2, 0.25) is 0 Å². The molecule has 86 valence electrons. The molecule has 1 atom stereocenters. The Balaban J connectivity index is 2.05. The number of hydrogen-bond donors (Lipinski definition) is 0. The molecule has 16 heavy (non-hydrogen) atoms. The number of anilines is 1. The van der Waals surface area contributed by atoms with Gasteiger partial charge in [0.25, 0.3) is 0 Å². The molecule has 0 unspecified atom stereocenters. The maximum absolute atomic E-state index is 11.5. The molecule has 0 radical (unpaired) electrons. The van der Waals surface area contributed by atoms with Crippen molar-refractivity contribution in [3.63, 3.8) is 0 Å². The molecule has 1 aromatic heterocycles. The standard InChI is InChI=1S/C12H16N2O2/c1-16-12(15)10-4-3-7-14(9-10)11-5-2-6-13-8-11/h2,5-6,8,10H,3-4,7,9H2,1H3/t10-/m1/s1. The maximum Gasteiger partial charge on any atom is 0.310 e. The van der Waals surface area contributed by atoms with Crippen LogP contribution < -0.4 is 4.90 Å². The molecule has 0 spiro atoms. The average Bonchev–Trinajstić information content (AvgIpc) is 2.39. The van der Waals surface area contributed by atoms with Gasteiger partial charge in [-0.2, -0.15) is 0 Å². The van der Waals surface area contributed by atoms with E-state index in [2.05, 4.69) is 9.88 Å². The third-order valence-electron chi connectivity index (χ3n) is 2.97. The second kappa shape index (κ2) is 4.96. The van der Waals surface area contributed by atoms with E-state index in [1.165, 1.54) is 7.11 Å². The summed E-state index contributed by atoms with van der Waals surface area (Å²) in [6.07, 6.45) is 5.53. The van der Waals surface area contributed by atoms with E-state index in [0.29, 0.717) is 0 Å². The molecule has 1 saturated heterocycles. The van der Waals surface area contributed by atoms with E-state index in [0.717, 1.165) is 31.6 Å². The van der Waals surface area contributed by atoms with Crippen LogP contribution in [-0.4, -0.2) is 31.2 Å². The van der Waals surface area contributed by atoms with E-state index in [4.69, 9.17) is 4.74 Å². The van der Waals surface area contributed by atoms with Crippen LogP contribution in [0.25, 0.3) is 0 Å². The molecule has 0 N–H and O–H groups in total. The van der Waals surface area contributed by atoms with Crippen molar-refractivity contribution in [2.75, 3.05) is 25.1 Å². The lowest BCUT2D eigenvalue weighted by Gasteiger charge is -2.32. The molecule has 0 aromatic carbocycles. The number of methoxy groups -OCH3 is 1. The molecule has 0 amide bonds. The second-order valence-corrected chi connectivity index (χ2v) is 4.02. The Morgan fingerprint density at radius 1 is 1.62 bits per heavy atom. The first-order valence-corrected chi connectivity index (χ1v) is 5.54. The lowest BCUT2D eigenvalue weighted by molar-refractivity contribution is -0.145. The van der Waals surface area contributed by atoms with Crippen molar-refractivity contribution in [2.24, 2.45) is 5.92 Å². The first kappa shape index (κ1) is 10.9. The topological polar surface area (TPSA) is 42.4 Å². The summed E-state index contributed by atoms with van der Waals surface area (Å²) in [5, 5.41) is 0. The van der Waals surface area contributed by atoms with Gasteiger partial charge in [0, 0.05) is 19.3 Å². The lowest BCUT2D eigenvalue weighted by Crippen LogP contribution is -2.39. The Morgan fingerprint density at radius 2 is 2.50 bits per heavy atom. The monoisotopic (exact) mass is 220 g/mol. The molecular formula is C12H16N2O2. The average molecular weight is 220 g/mol. The van der Waals surface area contributed by atoms with Crippen molar-refractivity contribution in [2.45, 2.75) is 12.8 Å². The fourth-order valence-corrected chi connectivity index (χ4v) is 2.11. The van der Waals surface area contributed by atoms with E-state index < -0.39 is 0 Å². The predicted octanol–water partition coefficient (Wildman–Crippen LogP) is 1.47. The van der Waals surface area contributed by atoms with Crippen molar-refractivity contribution < 1.29 is 9.53 Å². The molecular weight excluding hydrogens is 204 g/mol. The fraction of sp³-hybridized carbons (Fsp3) is 0.500. The van der Waals surface area contributed by atoms with Gasteiger partial charge in [0.05, 0.1) is 24.9 Å². The van der Waals surface area contributed by atoms with Gasteiger partial charge in [0.1, 0.15) is 0 Å². The normalized spacial score (nSPS) is 20.6. The molecule has 4 nitrogen and oxygen atoms in total. The van der Waals surface area contributed by atoms with Crippen LogP contribution >= 0.6 is 0 Å². The highest BCUT2D eigenvalue weighted by atomic mass is 16.5. The summed E-state index contributed by atoms with van der Waals surface area (Å²) in [5.74, 6) is -0.104. The number of aromatic nitrogens is 1. The summed E-state index contributed by atoms with van der Waals surface area (Å²) in [6, 6.07) is 3.93. The number of carbonyl (C=O) groups excluding carboxylic acids is 1. The van der Waals surface area contributed by atoms with Crippen LogP contribution in [0, 0.1) is 5.92 Å². The Hall–Kier alpha value is -1.58. The summed E-state index contributed by atoms with van der Waals surface area (Å²) < 4.78 is 4.79. The van der Waals surface area contributed by atoms with Crippen molar-refractivity contribution in [1.29, 1.82) is 0 Å². The lowest BCUT2D eigenvalue weighted by atomic mass is 9.98. The highest BCUT2D eigenvalue weighted by Crippen LogP contribution is 2.22. The SMILES string of the molecule is COC(=O)[C@@H]1CCCN(c2cccnc2)C1. The molecule has 1 aliphatic heterocycles. The van der Waals surface area contributed by atoms with Gasteiger partial charge in [0.2, 0.25) is 0 Å². The minimum absolute atomic E-state index is 0.000967. The first-order valence-electron chi connectivity index (χ1n) is 5.54. The molecule has 1 aromatic rings. The van der Waals surface area contributed by atoms with Gasteiger partial charge in [0.15, 0.2) is 0 Å². The summed E-state index contributed by atoms with van der Waals surface area (Å²) in [7, 11) is 1.45. The molecule has 0 saturated carbocycles. The molecule has 4 heteroatoms. The van der Waals surface area contributed by atoms with E-state index in [9.17, 15) is 4.79 Å². The van der Waals surface area contributed by atoms with Gasteiger partial charge < -0.3 is 9.64 Å².